The summed E-state index contributed by atoms with van der Waals surface area (Å²) in [4.78, 5) is 0. The molecule has 0 N–H and O–H groups in total. The van der Waals surface area contributed by atoms with Crippen LogP contribution in [0.1, 0.15) is 5.56 Å². The Morgan fingerprint density at radius 2 is 2.23 bits per heavy atom. The minimum Gasteiger partial charge on any atom is -0.490 e. The van der Waals surface area contributed by atoms with E-state index >= 15 is 0 Å². The van der Waals surface area contributed by atoms with Crippen molar-refractivity contribution in [1.29, 1.82) is 0 Å². The first kappa shape index (κ1) is 10.1. The Hall–Kier alpha value is -0.950. The van der Waals surface area contributed by atoms with Crippen molar-refractivity contribution < 1.29 is 4.74 Å². The quantitative estimate of drug-likeness (QED) is 0.531. The van der Waals surface area contributed by atoms with Crippen LogP contribution in [0, 0.1) is 6.92 Å². The van der Waals surface area contributed by atoms with Crippen molar-refractivity contribution in [1.82, 2.24) is 0 Å². The lowest BCUT2D eigenvalue weighted by atomic mass is 10.2. The van der Waals surface area contributed by atoms with Crippen LogP contribution in [0.15, 0.2) is 36.4 Å². The number of alkyl halides is 1. The fraction of sp³-hybridized carbons (Fsp3) is 0.273. The third-order valence-electron chi connectivity index (χ3n) is 1.59. The summed E-state index contributed by atoms with van der Waals surface area (Å²) in [5.74, 6) is 1.44. The van der Waals surface area contributed by atoms with Gasteiger partial charge in [0.2, 0.25) is 0 Å². The maximum absolute atomic E-state index is 5.47. The molecule has 0 aliphatic carbocycles. The highest BCUT2D eigenvalue weighted by molar-refractivity contribution is 6.18. The smallest absolute Gasteiger partial charge is 0.120 e. The van der Waals surface area contributed by atoms with Gasteiger partial charge in [0.1, 0.15) is 12.4 Å². The van der Waals surface area contributed by atoms with E-state index < -0.39 is 0 Å². The van der Waals surface area contributed by atoms with Crippen LogP contribution in [-0.4, -0.2) is 12.5 Å². The number of hydrogen-bond acceptors (Lipinski definition) is 1. The van der Waals surface area contributed by atoms with E-state index in [4.69, 9.17) is 16.3 Å². The number of ether oxygens (including phenoxy) is 1. The lowest BCUT2D eigenvalue weighted by molar-refractivity contribution is 0.362. The van der Waals surface area contributed by atoms with Crippen LogP contribution in [0.2, 0.25) is 0 Å². The van der Waals surface area contributed by atoms with Crippen molar-refractivity contribution >= 4 is 11.6 Å². The Labute approximate surface area is 84.0 Å². The molecule has 0 amide bonds. The van der Waals surface area contributed by atoms with E-state index in [0.717, 1.165) is 5.75 Å². The van der Waals surface area contributed by atoms with E-state index in [0.29, 0.717) is 12.5 Å². The summed E-state index contributed by atoms with van der Waals surface area (Å²) in [6.45, 7) is 2.62. The fourth-order valence-electron chi connectivity index (χ4n) is 0.981. The Balaban J connectivity index is 2.41. The molecule has 0 unspecified atom stereocenters. The van der Waals surface area contributed by atoms with Crippen LogP contribution in [0.4, 0.5) is 0 Å². The lowest BCUT2D eigenvalue weighted by Gasteiger charge is -2.02. The second-order valence-electron chi connectivity index (χ2n) is 2.75. The molecule has 1 rings (SSSR count). The zero-order chi connectivity index (χ0) is 9.52. The SMILES string of the molecule is Cc1cccc(OCC=CCCl)c1. The highest BCUT2D eigenvalue weighted by atomic mass is 35.5. The molecule has 70 valence electrons. The molecule has 1 nitrogen and oxygen atoms in total. The van der Waals surface area contributed by atoms with Gasteiger partial charge in [0, 0.05) is 5.88 Å². The number of benzene rings is 1. The number of halogens is 1. The van der Waals surface area contributed by atoms with E-state index in [1.165, 1.54) is 5.56 Å². The summed E-state index contributed by atoms with van der Waals surface area (Å²) in [7, 11) is 0. The van der Waals surface area contributed by atoms with E-state index in [2.05, 4.69) is 0 Å². The standard InChI is InChI=1S/C11H13ClO/c1-10-5-4-6-11(9-10)13-8-3-2-7-12/h2-6,9H,7-8H2,1H3. The lowest BCUT2D eigenvalue weighted by Crippen LogP contribution is -1.93. The molecule has 0 aromatic heterocycles. The third kappa shape index (κ3) is 4.00. The molecule has 0 atom stereocenters. The fourth-order valence-corrected chi connectivity index (χ4v) is 1.11. The summed E-state index contributed by atoms with van der Waals surface area (Å²) < 4.78 is 5.44. The summed E-state index contributed by atoms with van der Waals surface area (Å²) in [5.41, 5.74) is 1.21. The van der Waals surface area contributed by atoms with Gasteiger partial charge in [-0.3, -0.25) is 0 Å². The Bertz CT molecular complexity index is 281. The van der Waals surface area contributed by atoms with E-state index in [1.807, 2.05) is 43.3 Å². The number of aryl methyl sites for hydroxylation is 1. The molecule has 1 aromatic carbocycles. The summed E-state index contributed by atoms with van der Waals surface area (Å²) >= 11 is 5.47. The summed E-state index contributed by atoms with van der Waals surface area (Å²) in [5, 5.41) is 0. The molecular formula is C11H13ClO. The molecular weight excluding hydrogens is 184 g/mol. The summed E-state index contributed by atoms with van der Waals surface area (Å²) in [6.07, 6.45) is 3.78. The van der Waals surface area contributed by atoms with Crippen molar-refractivity contribution in [2.24, 2.45) is 0 Å². The average molecular weight is 197 g/mol. The van der Waals surface area contributed by atoms with Crippen LogP contribution in [-0.2, 0) is 0 Å². The number of allylic oxidation sites excluding steroid dienone is 1. The Morgan fingerprint density at radius 1 is 1.38 bits per heavy atom. The molecule has 0 bridgehead atoms. The second kappa shape index (κ2) is 5.65. The van der Waals surface area contributed by atoms with Crippen molar-refractivity contribution in [2.45, 2.75) is 6.92 Å². The molecule has 0 saturated carbocycles. The first-order chi connectivity index (χ1) is 6.33. The minimum atomic E-state index is 0.539. The van der Waals surface area contributed by atoms with Gasteiger partial charge in [-0.05, 0) is 24.6 Å². The van der Waals surface area contributed by atoms with Crippen LogP contribution >= 0.6 is 11.6 Å². The Morgan fingerprint density at radius 3 is 2.92 bits per heavy atom. The van der Waals surface area contributed by atoms with E-state index in [9.17, 15) is 0 Å². The van der Waals surface area contributed by atoms with Crippen molar-refractivity contribution in [3.05, 3.63) is 42.0 Å². The number of hydrogen-bond donors (Lipinski definition) is 0. The average Bonchev–Trinajstić information content (AvgIpc) is 2.13. The first-order valence-electron chi connectivity index (χ1n) is 4.23. The molecule has 0 aliphatic rings. The minimum absolute atomic E-state index is 0.539. The molecule has 1 aromatic rings. The van der Waals surface area contributed by atoms with Gasteiger partial charge < -0.3 is 4.74 Å². The predicted molar refractivity (Wildman–Crippen MR) is 56.5 cm³/mol. The van der Waals surface area contributed by atoms with Crippen molar-refractivity contribution in [3.8, 4) is 5.75 Å². The zero-order valence-corrected chi connectivity index (χ0v) is 8.42. The summed E-state index contributed by atoms with van der Waals surface area (Å²) in [6, 6.07) is 7.98. The molecule has 0 aliphatic heterocycles. The van der Waals surface area contributed by atoms with Crippen LogP contribution in [0.5, 0.6) is 5.75 Å². The van der Waals surface area contributed by atoms with Crippen LogP contribution in [0.3, 0.4) is 0 Å². The molecule has 0 fully saturated rings. The molecule has 0 heterocycles. The molecule has 0 spiro atoms. The van der Waals surface area contributed by atoms with Gasteiger partial charge in [0.25, 0.3) is 0 Å². The Kier molecular flexibility index (Phi) is 4.41. The highest BCUT2D eigenvalue weighted by Crippen LogP contribution is 2.11. The molecule has 2 heteroatoms. The van der Waals surface area contributed by atoms with Crippen LogP contribution < -0.4 is 4.74 Å². The van der Waals surface area contributed by atoms with Gasteiger partial charge in [-0.15, -0.1) is 11.6 Å². The van der Waals surface area contributed by atoms with Gasteiger partial charge >= 0.3 is 0 Å². The van der Waals surface area contributed by atoms with Gasteiger partial charge in [-0.2, -0.15) is 0 Å². The van der Waals surface area contributed by atoms with Gasteiger partial charge in [-0.1, -0.05) is 24.3 Å². The normalized spacial score (nSPS) is 10.6. The molecule has 13 heavy (non-hydrogen) atoms. The van der Waals surface area contributed by atoms with Gasteiger partial charge in [0.05, 0.1) is 0 Å². The largest absolute Gasteiger partial charge is 0.490 e. The third-order valence-corrected chi connectivity index (χ3v) is 1.77. The molecule has 0 radical (unpaired) electrons. The monoisotopic (exact) mass is 196 g/mol. The molecule has 0 saturated heterocycles. The topological polar surface area (TPSA) is 9.23 Å². The second-order valence-corrected chi connectivity index (χ2v) is 3.06. The van der Waals surface area contributed by atoms with Crippen LogP contribution in [0.25, 0.3) is 0 Å². The van der Waals surface area contributed by atoms with E-state index in [1.54, 1.807) is 0 Å². The van der Waals surface area contributed by atoms with Gasteiger partial charge in [0.15, 0.2) is 0 Å². The van der Waals surface area contributed by atoms with Crippen molar-refractivity contribution in [2.75, 3.05) is 12.5 Å². The van der Waals surface area contributed by atoms with Gasteiger partial charge in [-0.25, -0.2) is 0 Å². The van der Waals surface area contributed by atoms with Crippen molar-refractivity contribution in [3.63, 3.8) is 0 Å². The highest BCUT2D eigenvalue weighted by Gasteiger charge is 1.90. The maximum atomic E-state index is 5.47. The maximum Gasteiger partial charge on any atom is 0.120 e. The van der Waals surface area contributed by atoms with E-state index in [-0.39, 0.29) is 0 Å². The first-order valence-corrected chi connectivity index (χ1v) is 4.77. The zero-order valence-electron chi connectivity index (χ0n) is 7.66. The predicted octanol–water partition coefficient (Wildman–Crippen LogP) is 3.17. The number of rotatable bonds is 4.